The van der Waals surface area contributed by atoms with Gasteiger partial charge in [-0.3, -0.25) is 9.80 Å². The molecular formula is C16H23N5. The van der Waals surface area contributed by atoms with Gasteiger partial charge in [0.25, 0.3) is 0 Å². The minimum atomic E-state index is 0.456. The average molecular weight is 285 g/mol. The van der Waals surface area contributed by atoms with Gasteiger partial charge in [-0.05, 0) is 19.5 Å². The van der Waals surface area contributed by atoms with E-state index in [1.807, 2.05) is 4.68 Å². The number of benzene rings is 1. The van der Waals surface area contributed by atoms with Crippen molar-refractivity contribution in [2.24, 2.45) is 0 Å². The lowest BCUT2D eigenvalue weighted by atomic mass is 10.0. The van der Waals surface area contributed by atoms with Crippen molar-refractivity contribution in [1.29, 1.82) is 0 Å². The molecule has 1 fully saturated rings. The van der Waals surface area contributed by atoms with Crippen LogP contribution in [0.5, 0.6) is 0 Å². The van der Waals surface area contributed by atoms with Gasteiger partial charge in [0.05, 0.1) is 6.54 Å². The smallest absolute Gasteiger partial charge is 0.140 e. The van der Waals surface area contributed by atoms with Gasteiger partial charge in [0.2, 0.25) is 0 Å². The SMILES string of the molecule is CCn1ncnc1CN1CCN(C)[C@@H](c2ccccc2)C1. The Labute approximate surface area is 126 Å². The molecule has 0 radical (unpaired) electrons. The van der Waals surface area contributed by atoms with Crippen molar-refractivity contribution in [2.45, 2.75) is 26.1 Å². The predicted octanol–water partition coefficient (Wildman–Crippen LogP) is 1.79. The molecule has 0 amide bonds. The van der Waals surface area contributed by atoms with Gasteiger partial charge in [0.1, 0.15) is 12.2 Å². The summed E-state index contributed by atoms with van der Waals surface area (Å²) >= 11 is 0. The van der Waals surface area contributed by atoms with Crippen LogP contribution in [0.25, 0.3) is 0 Å². The van der Waals surface area contributed by atoms with Crippen LogP contribution in [0.15, 0.2) is 36.7 Å². The minimum Gasteiger partial charge on any atom is -0.297 e. The molecule has 0 aliphatic carbocycles. The van der Waals surface area contributed by atoms with E-state index in [2.05, 4.69) is 64.2 Å². The second-order valence-corrected chi connectivity index (χ2v) is 5.63. The Morgan fingerprint density at radius 1 is 1.19 bits per heavy atom. The number of nitrogens with zero attached hydrogens (tertiary/aromatic N) is 5. The molecule has 5 nitrogen and oxygen atoms in total. The second kappa shape index (κ2) is 6.37. The van der Waals surface area contributed by atoms with Crippen molar-refractivity contribution >= 4 is 0 Å². The van der Waals surface area contributed by atoms with Crippen molar-refractivity contribution in [2.75, 3.05) is 26.7 Å². The predicted molar refractivity (Wildman–Crippen MR) is 82.8 cm³/mol. The van der Waals surface area contributed by atoms with E-state index in [4.69, 9.17) is 0 Å². The summed E-state index contributed by atoms with van der Waals surface area (Å²) in [4.78, 5) is 9.32. The standard InChI is InChI=1S/C16H23N5/c1-3-21-16(17-13-18-21)12-20-10-9-19(2)15(11-20)14-7-5-4-6-8-14/h4-8,13,15H,3,9-12H2,1-2H3/t15-/m1/s1. The van der Waals surface area contributed by atoms with E-state index in [9.17, 15) is 0 Å². The molecule has 2 heterocycles. The molecule has 0 bridgehead atoms. The number of rotatable bonds is 4. The Morgan fingerprint density at radius 3 is 2.76 bits per heavy atom. The van der Waals surface area contributed by atoms with Crippen molar-refractivity contribution in [1.82, 2.24) is 24.6 Å². The highest BCUT2D eigenvalue weighted by molar-refractivity contribution is 5.20. The summed E-state index contributed by atoms with van der Waals surface area (Å²) in [5.74, 6) is 1.06. The fourth-order valence-corrected chi connectivity index (χ4v) is 2.98. The van der Waals surface area contributed by atoms with E-state index < -0.39 is 0 Å². The summed E-state index contributed by atoms with van der Waals surface area (Å²) in [7, 11) is 2.21. The average Bonchev–Trinajstić information content (AvgIpc) is 2.97. The highest BCUT2D eigenvalue weighted by atomic mass is 15.4. The Bertz CT molecular complexity index is 565. The van der Waals surface area contributed by atoms with Gasteiger partial charge in [0, 0.05) is 32.2 Å². The summed E-state index contributed by atoms with van der Waals surface area (Å²) in [5, 5.41) is 4.26. The molecule has 1 atom stereocenters. The maximum absolute atomic E-state index is 4.39. The zero-order valence-corrected chi connectivity index (χ0v) is 12.8. The molecule has 3 rings (SSSR count). The number of aryl methyl sites for hydroxylation is 1. The van der Waals surface area contributed by atoms with Crippen LogP contribution in [0.3, 0.4) is 0 Å². The molecule has 0 spiro atoms. The van der Waals surface area contributed by atoms with Crippen LogP contribution in [-0.2, 0) is 13.1 Å². The van der Waals surface area contributed by atoms with Crippen molar-refractivity contribution in [3.05, 3.63) is 48.0 Å². The van der Waals surface area contributed by atoms with Crippen LogP contribution in [0, 0.1) is 0 Å². The minimum absolute atomic E-state index is 0.456. The fourth-order valence-electron chi connectivity index (χ4n) is 2.98. The van der Waals surface area contributed by atoms with Gasteiger partial charge in [-0.1, -0.05) is 30.3 Å². The molecule has 1 aliphatic heterocycles. The largest absolute Gasteiger partial charge is 0.297 e. The number of hydrogen-bond acceptors (Lipinski definition) is 4. The summed E-state index contributed by atoms with van der Waals surface area (Å²) in [6, 6.07) is 11.2. The zero-order valence-electron chi connectivity index (χ0n) is 12.8. The van der Waals surface area contributed by atoms with Gasteiger partial charge in [-0.25, -0.2) is 9.67 Å². The second-order valence-electron chi connectivity index (χ2n) is 5.63. The van der Waals surface area contributed by atoms with Crippen molar-refractivity contribution < 1.29 is 0 Å². The first-order chi connectivity index (χ1) is 10.3. The zero-order chi connectivity index (χ0) is 14.7. The maximum atomic E-state index is 4.39. The van der Waals surface area contributed by atoms with Crippen LogP contribution in [-0.4, -0.2) is 51.2 Å². The highest BCUT2D eigenvalue weighted by Gasteiger charge is 2.26. The van der Waals surface area contributed by atoms with Crippen molar-refractivity contribution in [3.8, 4) is 0 Å². The molecule has 112 valence electrons. The molecule has 0 unspecified atom stereocenters. The molecule has 0 saturated carbocycles. The fraction of sp³-hybridized carbons (Fsp3) is 0.500. The van der Waals surface area contributed by atoms with Gasteiger partial charge in [-0.15, -0.1) is 0 Å². The third-order valence-electron chi connectivity index (χ3n) is 4.28. The van der Waals surface area contributed by atoms with Crippen LogP contribution in [0.1, 0.15) is 24.4 Å². The third-order valence-corrected chi connectivity index (χ3v) is 4.28. The lowest BCUT2D eigenvalue weighted by Crippen LogP contribution is -2.46. The van der Waals surface area contributed by atoms with Gasteiger partial charge in [-0.2, -0.15) is 5.10 Å². The first kappa shape index (κ1) is 14.2. The van der Waals surface area contributed by atoms with E-state index in [0.29, 0.717) is 6.04 Å². The Kier molecular flexibility index (Phi) is 4.31. The molecule has 0 N–H and O–H groups in total. The lowest BCUT2D eigenvalue weighted by Gasteiger charge is -2.39. The van der Waals surface area contributed by atoms with Crippen LogP contribution >= 0.6 is 0 Å². The van der Waals surface area contributed by atoms with E-state index in [-0.39, 0.29) is 0 Å². The molecule has 1 aromatic carbocycles. The first-order valence-corrected chi connectivity index (χ1v) is 7.62. The van der Waals surface area contributed by atoms with Crippen LogP contribution in [0.4, 0.5) is 0 Å². The van der Waals surface area contributed by atoms with E-state index in [0.717, 1.165) is 38.5 Å². The first-order valence-electron chi connectivity index (χ1n) is 7.62. The van der Waals surface area contributed by atoms with Gasteiger partial charge in [0.15, 0.2) is 0 Å². The molecule has 1 aliphatic rings. The van der Waals surface area contributed by atoms with Gasteiger partial charge >= 0.3 is 0 Å². The van der Waals surface area contributed by atoms with Gasteiger partial charge < -0.3 is 0 Å². The highest BCUT2D eigenvalue weighted by Crippen LogP contribution is 2.24. The number of likely N-dealkylation sites (N-methyl/N-ethyl adjacent to an activating group) is 1. The van der Waals surface area contributed by atoms with Crippen LogP contribution < -0.4 is 0 Å². The number of piperazine rings is 1. The summed E-state index contributed by atoms with van der Waals surface area (Å²) < 4.78 is 1.98. The van der Waals surface area contributed by atoms with E-state index >= 15 is 0 Å². The Hall–Kier alpha value is -1.72. The quantitative estimate of drug-likeness (QED) is 0.858. The van der Waals surface area contributed by atoms with E-state index in [1.165, 1.54) is 5.56 Å². The number of hydrogen-bond donors (Lipinski definition) is 0. The molecule has 1 saturated heterocycles. The maximum Gasteiger partial charge on any atom is 0.140 e. The lowest BCUT2D eigenvalue weighted by molar-refractivity contribution is 0.0876. The topological polar surface area (TPSA) is 37.2 Å². The monoisotopic (exact) mass is 285 g/mol. The summed E-state index contributed by atoms with van der Waals surface area (Å²) in [6.07, 6.45) is 1.66. The molecular weight excluding hydrogens is 262 g/mol. The Balaban J connectivity index is 1.71. The van der Waals surface area contributed by atoms with E-state index in [1.54, 1.807) is 6.33 Å². The molecule has 1 aromatic heterocycles. The summed E-state index contributed by atoms with van der Waals surface area (Å²) in [6.45, 7) is 7.07. The Morgan fingerprint density at radius 2 is 2.00 bits per heavy atom. The summed E-state index contributed by atoms with van der Waals surface area (Å²) in [5.41, 5.74) is 1.39. The molecule has 5 heteroatoms. The van der Waals surface area contributed by atoms with Crippen LogP contribution in [0.2, 0.25) is 0 Å². The molecule has 21 heavy (non-hydrogen) atoms. The number of aromatic nitrogens is 3. The van der Waals surface area contributed by atoms with Crippen molar-refractivity contribution in [3.63, 3.8) is 0 Å². The third kappa shape index (κ3) is 3.14. The molecule has 2 aromatic rings. The normalized spacial score (nSPS) is 20.8.